The summed E-state index contributed by atoms with van der Waals surface area (Å²) in [5, 5.41) is 2.86. The number of carbonyl (C=O) groups is 1. The molecule has 23 heavy (non-hydrogen) atoms. The number of rotatable bonds is 4. The number of nitrogens with two attached hydrogens (primary N) is 1. The van der Waals surface area contributed by atoms with Crippen molar-refractivity contribution in [3.8, 4) is 0 Å². The molecule has 1 saturated carbocycles. The average molecular weight is 318 g/mol. The molecule has 3 N–H and O–H groups in total. The first-order valence-corrected chi connectivity index (χ1v) is 8.66. The number of alkyl carbamates (subject to hydrolysis) is 1. The van der Waals surface area contributed by atoms with Crippen LogP contribution in [0.2, 0.25) is 0 Å². The number of ether oxygens (including phenoxy) is 1. The average Bonchev–Trinajstić information content (AvgIpc) is 2.47. The third-order valence-corrected chi connectivity index (χ3v) is 4.48. The maximum Gasteiger partial charge on any atom is 0.407 e. The van der Waals surface area contributed by atoms with Crippen LogP contribution in [0.3, 0.4) is 0 Å². The molecule has 128 valence electrons. The van der Waals surface area contributed by atoms with E-state index in [1.54, 1.807) is 0 Å². The van der Waals surface area contributed by atoms with Gasteiger partial charge in [-0.1, -0.05) is 12.1 Å². The molecule has 0 saturated heterocycles. The molecule has 4 nitrogen and oxygen atoms in total. The molecule has 4 heteroatoms. The van der Waals surface area contributed by atoms with E-state index in [0.29, 0.717) is 18.4 Å². The normalized spacial score (nSPS) is 21.7. The Morgan fingerprint density at radius 3 is 2.35 bits per heavy atom. The van der Waals surface area contributed by atoms with Crippen molar-refractivity contribution in [2.45, 2.75) is 64.4 Å². The van der Waals surface area contributed by atoms with Gasteiger partial charge in [-0.15, -0.1) is 0 Å². The highest BCUT2D eigenvalue weighted by atomic mass is 16.6. The van der Waals surface area contributed by atoms with Gasteiger partial charge in [0.15, 0.2) is 0 Å². The zero-order valence-corrected chi connectivity index (χ0v) is 14.6. The Morgan fingerprint density at radius 2 is 1.78 bits per heavy atom. The van der Waals surface area contributed by atoms with Gasteiger partial charge in [0.25, 0.3) is 0 Å². The van der Waals surface area contributed by atoms with E-state index in [0.717, 1.165) is 12.1 Å². The van der Waals surface area contributed by atoms with Crippen LogP contribution in [0, 0.1) is 5.92 Å². The summed E-state index contributed by atoms with van der Waals surface area (Å²) in [6.45, 7) is 6.34. The molecule has 1 aromatic carbocycles. The Labute approximate surface area is 139 Å². The monoisotopic (exact) mass is 318 g/mol. The Kier molecular flexibility index (Phi) is 5.91. The number of amides is 1. The topological polar surface area (TPSA) is 64.3 Å². The molecule has 0 bridgehead atoms. The van der Waals surface area contributed by atoms with Gasteiger partial charge in [-0.3, -0.25) is 0 Å². The standard InChI is InChI=1S/C19H30N2O2/c1-19(2,3)23-18(22)21-13-12-14-4-6-15(7-5-14)16-8-10-17(20)11-9-16/h8-11,14-15H,4-7,12-13,20H2,1-3H3,(H,21,22). The molecule has 1 fully saturated rings. The lowest BCUT2D eigenvalue weighted by Crippen LogP contribution is -2.33. The fourth-order valence-electron chi connectivity index (χ4n) is 3.25. The minimum atomic E-state index is -0.429. The quantitative estimate of drug-likeness (QED) is 0.806. The van der Waals surface area contributed by atoms with Crippen LogP contribution < -0.4 is 11.1 Å². The molecule has 1 aromatic rings. The second-order valence-corrected chi connectivity index (χ2v) is 7.60. The van der Waals surface area contributed by atoms with Gasteiger partial charge in [0.05, 0.1) is 0 Å². The SMILES string of the molecule is CC(C)(C)OC(=O)NCCC1CCC(c2ccc(N)cc2)CC1. The van der Waals surface area contributed by atoms with E-state index in [-0.39, 0.29) is 6.09 Å². The van der Waals surface area contributed by atoms with Crippen LogP contribution in [0.1, 0.15) is 64.4 Å². The maximum absolute atomic E-state index is 11.6. The summed E-state index contributed by atoms with van der Waals surface area (Å²) >= 11 is 0. The van der Waals surface area contributed by atoms with E-state index in [9.17, 15) is 4.79 Å². The zero-order valence-electron chi connectivity index (χ0n) is 14.6. The van der Waals surface area contributed by atoms with Gasteiger partial charge in [0.2, 0.25) is 0 Å². The van der Waals surface area contributed by atoms with Gasteiger partial charge < -0.3 is 15.8 Å². The van der Waals surface area contributed by atoms with E-state index in [4.69, 9.17) is 10.5 Å². The third kappa shape index (κ3) is 6.12. The van der Waals surface area contributed by atoms with Crippen LogP contribution in [0.25, 0.3) is 0 Å². The first-order valence-electron chi connectivity index (χ1n) is 8.66. The molecule has 0 heterocycles. The Morgan fingerprint density at radius 1 is 1.17 bits per heavy atom. The number of benzene rings is 1. The Bertz CT molecular complexity index is 497. The van der Waals surface area contributed by atoms with Crippen LogP contribution in [-0.2, 0) is 4.74 Å². The predicted octanol–water partition coefficient (Wildman–Crippen LogP) is 4.46. The van der Waals surface area contributed by atoms with E-state index in [2.05, 4.69) is 17.4 Å². The Hall–Kier alpha value is -1.71. The third-order valence-electron chi connectivity index (χ3n) is 4.48. The molecule has 0 unspecified atom stereocenters. The molecule has 1 amide bonds. The first-order chi connectivity index (χ1) is 10.8. The van der Waals surface area contributed by atoms with Gasteiger partial charge in [-0.25, -0.2) is 4.79 Å². The number of nitrogen functional groups attached to an aromatic ring is 1. The van der Waals surface area contributed by atoms with Crippen LogP contribution in [0.15, 0.2) is 24.3 Å². The largest absolute Gasteiger partial charge is 0.444 e. The lowest BCUT2D eigenvalue weighted by Gasteiger charge is -2.29. The predicted molar refractivity (Wildman–Crippen MR) is 94.4 cm³/mol. The molecule has 1 aliphatic carbocycles. The van der Waals surface area contributed by atoms with Crippen LogP contribution in [-0.4, -0.2) is 18.2 Å². The van der Waals surface area contributed by atoms with Gasteiger partial charge in [0.1, 0.15) is 5.60 Å². The Balaban J connectivity index is 1.67. The molecule has 1 aliphatic rings. The van der Waals surface area contributed by atoms with E-state index >= 15 is 0 Å². The number of hydrogen-bond acceptors (Lipinski definition) is 3. The lowest BCUT2D eigenvalue weighted by atomic mass is 9.77. The summed E-state index contributed by atoms with van der Waals surface area (Å²) in [4.78, 5) is 11.6. The summed E-state index contributed by atoms with van der Waals surface area (Å²) in [6, 6.07) is 8.30. The summed E-state index contributed by atoms with van der Waals surface area (Å²) in [5.74, 6) is 1.36. The second kappa shape index (κ2) is 7.71. The number of carbonyl (C=O) groups excluding carboxylic acids is 1. The zero-order chi connectivity index (χ0) is 16.9. The fourth-order valence-corrected chi connectivity index (χ4v) is 3.25. The first kappa shape index (κ1) is 17.6. The maximum atomic E-state index is 11.6. The molecular weight excluding hydrogens is 288 g/mol. The van der Waals surface area contributed by atoms with Crippen molar-refractivity contribution in [3.05, 3.63) is 29.8 Å². The minimum Gasteiger partial charge on any atom is -0.444 e. The second-order valence-electron chi connectivity index (χ2n) is 7.60. The van der Waals surface area contributed by atoms with Crippen LogP contribution >= 0.6 is 0 Å². The molecule has 0 spiro atoms. The molecule has 0 radical (unpaired) electrons. The van der Waals surface area contributed by atoms with Gasteiger partial charge in [-0.05, 0) is 82.4 Å². The van der Waals surface area contributed by atoms with Crippen LogP contribution in [0.5, 0.6) is 0 Å². The van der Waals surface area contributed by atoms with Gasteiger partial charge >= 0.3 is 6.09 Å². The van der Waals surface area contributed by atoms with Crippen molar-refractivity contribution in [1.82, 2.24) is 5.32 Å². The van der Waals surface area contributed by atoms with Gasteiger partial charge in [0, 0.05) is 12.2 Å². The van der Waals surface area contributed by atoms with Crippen molar-refractivity contribution < 1.29 is 9.53 Å². The van der Waals surface area contributed by atoms with Crippen LogP contribution in [0.4, 0.5) is 10.5 Å². The highest BCUT2D eigenvalue weighted by Crippen LogP contribution is 2.37. The highest BCUT2D eigenvalue weighted by molar-refractivity contribution is 5.67. The summed E-state index contributed by atoms with van der Waals surface area (Å²) in [6.07, 6.45) is 5.62. The summed E-state index contributed by atoms with van der Waals surface area (Å²) in [7, 11) is 0. The van der Waals surface area contributed by atoms with Crippen molar-refractivity contribution in [3.63, 3.8) is 0 Å². The minimum absolute atomic E-state index is 0.312. The van der Waals surface area contributed by atoms with Gasteiger partial charge in [-0.2, -0.15) is 0 Å². The smallest absolute Gasteiger partial charge is 0.407 e. The van der Waals surface area contributed by atoms with E-state index in [1.165, 1.54) is 31.2 Å². The van der Waals surface area contributed by atoms with Crippen molar-refractivity contribution in [1.29, 1.82) is 0 Å². The highest BCUT2D eigenvalue weighted by Gasteiger charge is 2.22. The number of anilines is 1. The fraction of sp³-hybridized carbons (Fsp3) is 0.632. The summed E-state index contributed by atoms with van der Waals surface area (Å²) in [5.41, 5.74) is 7.56. The van der Waals surface area contributed by atoms with Crippen molar-refractivity contribution in [2.75, 3.05) is 12.3 Å². The van der Waals surface area contributed by atoms with Crippen molar-refractivity contribution in [2.24, 2.45) is 5.92 Å². The number of hydrogen-bond donors (Lipinski definition) is 2. The van der Waals surface area contributed by atoms with Crippen molar-refractivity contribution >= 4 is 11.8 Å². The molecule has 0 aliphatic heterocycles. The van der Waals surface area contributed by atoms with E-state index < -0.39 is 5.60 Å². The molecule has 0 aromatic heterocycles. The number of nitrogens with one attached hydrogen (secondary N) is 1. The lowest BCUT2D eigenvalue weighted by molar-refractivity contribution is 0.0523. The molecule has 2 rings (SSSR count). The molecule has 0 atom stereocenters. The molecular formula is C19H30N2O2. The van der Waals surface area contributed by atoms with E-state index in [1.807, 2.05) is 32.9 Å². The summed E-state index contributed by atoms with van der Waals surface area (Å²) < 4.78 is 5.25.